The summed E-state index contributed by atoms with van der Waals surface area (Å²) in [6.07, 6.45) is -2.82. The molecule has 16 N–H and O–H groups in total. The van der Waals surface area contributed by atoms with E-state index in [0.29, 0.717) is 17.7 Å². The van der Waals surface area contributed by atoms with Crippen LogP contribution < -0.4 is 43.0 Å². The van der Waals surface area contributed by atoms with E-state index in [9.17, 15) is 92.7 Å². The van der Waals surface area contributed by atoms with Crippen molar-refractivity contribution in [3.05, 3.63) is 29.8 Å². The molecule has 1 heterocycles. The molecule has 0 radical (unpaired) electrons. The number of rotatable bonds is 39. The molecule has 1 aromatic carbocycles. The number of aliphatic carboxylic acids is 6. The zero-order valence-corrected chi connectivity index (χ0v) is 46.1. The van der Waals surface area contributed by atoms with Gasteiger partial charge in [0, 0.05) is 45.1 Å². The van der Waals surface area contributed by atoms with Gasteiger partial charge >= 0.3 is 35.8 Å². The van der Waals surface area contributed by atoms with Gasteiger partial charge in [0.25, 0.3) is 0 Å². The fourth-order valence-corrected chi connectivity index (χ4v) is 8.97. The molecule has 0 bridgehead atoms. The number of amides is 8. The Morgan fingerprint density at radius 2 is 0.852 bits per heavy atom. The number of nitrogens with one attached hydrogen (secondary N) is 7. The minimum Gasteiger partial charge on any atom is -0.508 e. The van der Waals surface area contributed by atoms with Gasteiger partial charge in [-0.3, -0.25) is 62.3 Å². The molecule has 1 aliphatic heterocycles. The van der Waals surface area contributed by atoms with Crippen LogP contribution in [0.15, 0.2) is 24.3 Å². The van der Waals surface area contributed by atoms with Gasteiger partial charge in [0.2, 0.25) is 47.3 Å². The lowest BCUT2D eigenvalue weighted by Crippen LogP contribution is -2.60. The van der Waals surface area contributed by atoms with Gasteiger partial charge in [-0.2, -0.15) is 23.5 Å². The summed E-state index contributed by atoms with van der Waals surface area (Å²) < 4.78 is 0. The van der Waals surface area contributed by atoms with Gasteiger partial charge in [0.1, 0.15) is 54.1 Å². The molecule has 1 aliphatic rings. The average Bonchev–Trinajstić information content (AvgIpc) is 3.98. The van der Waals surface area contributed by atoms with Gasteiger partial charge < -0.3 is 83.6 Å². The number of hydrogen-bond acceptors (Lipinski definition) is 18. The molecular formula is C49H71N9O21S2. The molecule has 8 amide bonds. The molecule has 0 saturated carbocycles. The van der Waals surface area contributed by atoms with E-state index >= 15 is 0 Å². The number of hydrogen-bond donors (Lipinski definition) is 15. The first kappa shape index (κ1) is 69.4. The number of benzene rings is 1. The highest BCUT2D eigenvalue weighted by molar-refractivity contribution is 7.98. The first-order chi connectivity index (χ1) is 38.2. The van der Waals surface area contributed by atoms with E-state index < -0.39 is 202 Å². The van der Waals surface area contributed by atoms with Gasteiger partial charge in [-0.05, 0) is 99.5 Å². The van der Waals surface area contributed by atoms with Crippen LogP contribution in [0.2, 0.25) is 0 Å². The molecule has 0 unspecified atom stereocenters. The quantitative estimate of drug-likeness (QED) is 0.0326. The molecule has 1 aromatic rings. The van der Waals surface area contributed by atoms with E-state index in [0.717, 1.165) is 0 Å². The number of thioether (sulfide) groups is 2. The van der Waals surface area contributed by atoms with Gasteiger partial charge in [-0.1, -0.05) is 12.1 Å². The third-order valence-corrected chi connectivity index (χ3v) is 13.7. The fraction of sp³-hybridized carbons (Fsp3) is 0.592. The summed E-state index contributed by atoms with van der Waals surface area (Å²) in [7, 11) is 0. The molecule has 0 aliphatic carbocycles. The monoisotopic (exact) mass is 1190 g/mol. The van der Waals surface area contributed by atoms with Gasteiger partial charge in [-0.25, -0.2) is 4.79 Å². The number of carboxylic acid groups (broad SMARTS) is 6. The number of nitrogens with two attached hydrogens (primary N) is 1. The number of phenols is 1. The normalized spacial score (nSPS) is 15.8. The van der Waals surface area contributed by atoms with Crippen LogP contribution in [0.25, 0.3) is 0 Å². The van der Waals surface area contributed by atoms with Crippen molar-refractivity contribution in [1.29, 1.82) is 0 Å². The third kappa shape index (κ3) is 25.9. The van der Waals surface area contributed by atoms with Crippen molar-refractivity contribution in [3.8, 4) is 5.75 Å². The van der Waals surface area contributed by atoms with E-state index in [1.807, 2.05) is 0 Å². The number of likely N-dealkylation sites (tertiary alicyclic amines) is 1. The first-order valence-corrected chi connectivity index (χ1v) is 28.2. The average molecular weight is 1190 g/mol. The van der Waals surface area contributed by atoms with Crippen molar-refractivity contribution in [2.24, 2.45) is 5.73 Å². The standard InChI is InChI=1S/C49H71N9O21S2/c1-80-22-19-31(45(74)56-33(49(78)79)13-18-40(68)69)54-47(76)35-4-3-21-58(35)48(77)32(20-23-81-2)55-46(75)34(24-25-5-7-26(59)8-6-25)57-44(73)30(12-17-39(66)67)53-43(72)29(11-16-38(64)65)52-42(71)28(10-15-37(62)63)51-41(70)27(50)9-14-36(60)61/h5-8,27-35,59H,3-4,9-24,50H2,1-2H3,(H,51,70)(H,52,71)(H,53,72)(H,54,76)(H,55,75)(H,56,74)(H,57,73)(H,60,61)(H,62,63)(H,64,65)(H,66,67)(H,68,69)(H,78,79)/t27-,28-,29-,30-,31-,32-,33-,34-,35-/m0/s1. The maximum absolute atomic E-state index is 14.5. The topological polar surface area (TPSA) is 494 Å². The Labute approximate surface area is 472 Å². The SMILES string of the molecule is CSCC[C@H](NC(=O)[C@@H]1CCCN1C(=O)[C@H](CCSC)NC(=O)[C@H](Cc1ccc(O)cc1)NC(=O)[C@H](CCC(=O)O)NC(=O)[C@H](CCC(=O)O)NC(=O)[C@H](CCC(=O)O)NC(=O)[C@@H](N)CCC(=O)O)C(=O)N[C@@H](CCC(=O)O)C(=O)O. The van der Waals surface area contributed by atoms with Crippen LogP contribution in [-0.4, -0.2) is 209 Å². The Morgan fingerprint density at radius 3 is 1.28 bits per heavy atom. The van der Waals surface area contributed by atoms with Crippen LogP contribution in [0.4, 0.5) is 0 Å². The van der Waals surface area contributed by atoms with Crippen LogP contribution in [0.3, 0.4) is 0 Å². The van der Waals surface area contributed by atoms with Crippen molar-refractivity contribution in [2.45, 2.75) is 151 Å². The molecule has 9 atom stereocenters. The Hall–Kier alpha value is -7.74. The number of phenolic OH excluding ortho intramolecular Hbond substituents is 1. The molecule has 0 spiro atoms. The summed E-state index contributed by atoms with van der Waals surface area (Å²) in [4.78, 5) is 181. The van der Waals surface area contributed by atoms with Crippen molar-refractivity contribution < 1.29 is 103 Å². The number of carbonyl (C=O) groups is 14. The van der Waals surface area contributed by atoms with E-state index in [1.54, 1.807) is 12.5 Å². The Bertz CT molecular complexity index is 2420. The van der Waals surface area contributed by atoms with Crippen LogP contribution in [0.5, 0.6) is 5.75 Å². The Kier molecular flexibility index (Phi) is 30.6. The highest BCUT2D eigenvalue weighted by atomic mass is 32.2. The van der Waals surface area contributed by atoms with Crippen molar-refractivity contribution in [2.75, 3.05) is 30.6 Å². The number of carboxylic acids is 6. The van der Waals surface area contributed by atoms with Gasteiger partial charge in [0.15, 0.2) is 0 Å². The molecule has 32 heteroatoms. The summed E-state index contributed by atoms with van der Waals surface area (Å²) in [6.45, 7) is 0.00738. The van der Waals surface area contributed by atoms with Crippen molar-refractivity contribution in [1.82, 2.24) is 42.1 Å². The summed E-state index contributed by atoms with van der Waals surface area (Å²) in [6, 6.07) is -8.78. The predicted molar refractivity (Wildman–Crippen MR) is 286 cm³/mol. The Morgan fingerprint density at radius 1 is 0.494 bits per heavy atom. The summed E-state index contributed by atoms with van der Waals surface area (Å²) in [5.41, 5.74) is 6.08. The summed E-state index contributed by atoms with van der Waals surface area (Å²) >= 11 is 2.60. The molecule has 30 nitrogen and oxygen atoms in total. The highest BCUT2D eigenvalue weighted by Crippen LogP contribution is 2.21. The lowest BCUT2D eigenvalue weighted by atomic mass is 10.0. The van der Waals surface area contributed by atoms with Crippen LogP contribution in [0, 0.1) is 0 Å². The molecular weight excluding hydrogens is 1110 g/mol. The second-order valence-corrected chi connectivity index (χ2v) is 20.6. The predicted octanol–water partition coefficient (Wildman–Crippen LogP) is -2.44. The number of aromatic hydroxyl groups is 1. The number of nitrogens with zero attached hydrogens (tertiary/aromatic N) is 1. The van der Waals surface area contributed by atoms with E-state index in [4.69, 9.17) is 15.9 Å². The van der Waals surface area contributed by atoms with Crippen molar-refractivity contribution in [3.63, 3.8) is 0 Å². The second kappa shape index (κ2) is 35.8. The second-order valence-electron chi connectivity index (χ2n) is 18.7. The molecule has 2 rings (SSSR count). The minimum absolute atomic E-state index is 0.00738. The van der Waals surface area contributed by atoms with Gasteiger partial charge in [-0.15, -0.1) is 0 Å². The zero-order chi connectivity index (χ0) is 60.9. The third-order valence-electron chi connectivity index (χ3n) is 12.4. The first-order valence-electron chi connectivity index (χ1n) is 25.4. The maximum atomic E-state index is 14.5. The highest BCUT2D eigenvalue weighted by Gasteiger charge is 2.40. The largest absolute Gasteiger partial charge is 0.508 e. The molecule has 1 saturated heterocycles. The molecule has 1 fully saturated rings. The lowest BCUT2D eigenvalue weighted by Gasteiger charge is -2.31. The minimum atomic E-state index is -1.87. The fourth-order valence-electron chi connectivity index (χ4n) is 8.03. The molecule has 81 heavy (non-hydrogen) atoms. The van der Waals surface area contributed by atoms with Crippen LogP contribution >= 0.6 is 23.5 Å². The smallest absolute Gasteiger partial charge is 0.326 e. The zero-order valence-electron chi connectivity index (χ0n) is 44.4. The van der Waals surface area contributed by atoms with E-state index in [1.165, 1.54) is 52.7 Å². The molecule has 0 aromatic heterocycles. The maximum Gasteiger partial charge on any atom is 0.326 e. The summed E-state index contributed by atoms with van der Waals surface area (Å²) in [5, 5.41) is 82.7. The van der Waals surface area contributed by atoms with Crippen molar-refractivity contribution >= 4 is 107 Å². The van der Waals surface area contributed by atoms with Crippen LogP contribution in [-0.2, 0) is 73.5 Å². The number of carbonyl (C=O) groups excluding carboxylic acids is 8. The lowest BCUT2D eigenvalue weighted by molar-refractivity contribution is -0.144. The van der Waals surface area contributed by atoms with E-state index in [-0.39, 0.29) is 43.7 Å². The van der Waals surface area contributed by atoms with Gasteiger partial charge in [0.05, 0.1) is 6.04 Å². The molecule has 450 valence electrons. The van der Waals surface area contributed by atoms with E-state index in [2.05, 4.69) is 37.2 Å². The summed E-state index contributed by atoms with van der Waals surface area (Å²) in [5.74, 6) is -16.3. The van der Waals surface area contributed by atoms with Crippen LogP contribution in [0.1, 0.15) is 95.5 Å². The Balaban J connectivity index is 2.52.